The molecule has 5 nitrogen and oxygen atoms in total. The maximum absolute atomic E-state index is 12.6. The van der Waals surface area contributed by atoms with Crippen LogP contribution in [0.25, 0.3) is 0 Å². The second-order valence-corrected chi connectivity index (χ2v) is 5.98. The van der Waals surface area contributed by atoms with E-state index in [0.29, 0.717) is 13.0 Å². The van der Waals surface area contributed by atoms with Crippen molar-refractivity contribution in [2.75, 3.05) is 31.5 Å². The van der Waals surface area contributed by atoms with Crippen molar-refractivity contribution in [2.45, 2.75) is 39.3 Å². The van der Waals surface area contributed by atoms with Crippen LogP contribution in [0.4, 0.5) is 18.9 Å². The summed E-state index contributed by atoms with van der Waals surface area (Å²) in [4.78, 5) is 25.8. The van der Waals surface area contributed by atoms with Crippen molar-refractivity contribution >= 4 is 17.5 Å². The van der Waals surface area contributed by atoms with Gasteiger partial charge in [0, 0.05) is 12.2 Å². The van der Waals surface area contributed by atoms with Gasteiger partial charge in [0.2, 0.25) is 0 Å². The lowest BCUT2D eigenvalue weighted by atomic mass is 10.2. The fraction of sp³-hybridized carbons (Fsp3) is 0.556. The van der Waals surface area contributed by atoms with Gasteiger partial charge in [0.1, 0.15) is 0 Å². The van der Waals surface area contributed by atoms with E-state index in [2.05, 4.69) is 29.4 Å². The van der Waals surface area contributed by atoms with Crippen LogP contribution in [0.2, 0.25) is 0 Å². The Morgan fingerprint density at radius 2 is 1.69 bits per heavy atom. The summed E-state index contributed by atoms with van der Waals surface area (Å²) < 4.78 is 37.9. The van der Waals surface area contributed by atoms with Crippen LogP contribution < -0.4 is 10.6 Å². The van der Waals surface area contributed by atoms with Crippen molar-refractivity contribution in [1.82, 2.24) is 10.2 Å². The van der Waals surface area contributed by atoms with Crippen molar-refractivity contribution in [3.63, 3.8) is 0 Å². The zero-order valence-electron chi connectivity index (χ0n) is 15.2. The van der Waals surface area contributed by atoms with Crippen LogP contribution in [0.3, 0.4) is 0 Å². The highest BCUT2D eigenvalue weighted by atomic mass is 19.4. The number of hydrogen-bond acceptors (Lipinski definition) is 3. The molecule has 2 N–H and O–H groups in total. The zero-order chi connectivity index (χ0) is 19.6. The Labute approximate surface area is 151 Å². The summed E-state index contributed by atoms with van der Waals surface area (Å²) in [5.74, 6) is -1.84. The average molecular weight is 373 g/mol. The van der Waals surface area contributed by atoms with Gasteiger partial charge in [-0.25, -0.2) is 0 Å². The number of alkyl halides is 3. The van der Waals surface area contributed by atoms with Gasteiger partial charge < -0.3 is 15.5 Å². The fourth-order valence-corrected chi connectivity index (χ4v) is 2.51. The predicted octanol–water partition coefficient (Wildman–Crippen LogP) is 3.27. The molecule has 0 aliphatic carbocycles. The summed E-state index contributed by atoms with van der Waals surface area (Å²) in [6, 6.07) is 4.16. The van der Waals surface area contributed by atoms with Gasteiger partial charge >= 0.3 is 18.0 Å². The third-order valence-corrected chi connectivity index (χ3v) is 3.67. The van der Waals surface area contributed by atoms with Gasteiger partial charge in [-0.3, -0.25) is 9.59 Å². The normalized spacial score (nSPS) is 11.5. The molecule has 0 fully saturated rings. The number of anilines is 1. The highest BCUT2D eigenvalue weighted by Crippen LogP contribution is 2.30. The molecule has 0 aliphatic heterocycles. The van der Waals surface area contributed by atoms with E-state index in [-0.39, 0.29) is 5.69 Å². The number of nitrogens with one attached hydrogen (secondary N) is 2. The van der Waals surface area contributed by atoms with Crippen molar-refractivity contribution < 1.29 is 22.8 Å². The molecular formula is C18H26F3N3O2. The third kappa shape index (κ3) is 7.86. The first kappa shape index (κ1) is 22.0. The minimum Gasteiger partial charge on any atom is -0.348 e. The topological polar surface area (TPSA) is 61.4 Å². The highest BCUT2D eigenvalue weighted by molar-refractivity contribution is 6.39. The standard InChI is InChI=1S/C18H26F3N3O2/c1-3-10-24(11-4-2)12-6-9-22-16(25)17(26)23-15-8-5-7-14(13-15)18(19,20)21/h5,7-8,13H,3-4,6,9-12H2,1-2H3,(H,22,25)(H,23,26). The molecular weight excluding hydrogens is 347 g/mol. The molecule has 1 aromatic carbocycles. The van der Waals surface area contributed by atoms with Crippen LogP contribution in [-0.2, 0) is 15.8 Å². The van der Waals surface area contributed by atoms with Gasteiger partial charge in [0.05, 0.1) is 5.56 Å². The highest BCUT2D eigenvalue weighted by Gasteiger charge is 2.30. The Hall–Kier alpha value is -2.09. The predicted molar refractivity (Wildman–Crippen MR) is 94.7 cm³/mol. The van der Waals surface area contributed by atoms with E-state index in [1.54, 1.807) is 0 Å². The lowest BCUT2D eigenvalue weighted by Crippen LogP contribution is -2.37. The Balaban J connectivity index is 2.43. The van der Waals surface area contributed by atoms with E-state index < -0.39 is 23.6 Å². The van der Waals surface area contributed by atoms with Crippen molar-refractivity contribution in [3.05, 3.63) is 29.8 Å². The summed E-state index contributed by atoms with van der Waals surface area (Å²) in [6.45, 7) is 7.32. The van der Waals surface area contributed by atoms with Gasteiger partial charge in [-0.1, -0.05) is 19.9 Å². The largest absolute Gasteiger partial charge is 0.416 e. The molecule has 2 amide bonds. The Morgan fingerprint density at radius 1 is 1.04 bits per heavy atom. The third-order valence-electron chi connectivity index (χ3n) is 3.67. The van der Waals surface area contributed by atoms with Gasteiger partial charge in [-0.2, -0.15) is 13.2 Å². The molecule has 0 heterocycles. The molecule has 0 radical (unpaired) electrons. The number of rotatable bonds is 9. The first-order valence-corrected chi connectivity index (χ1v) is 8.76. The van der Waals surface area contributed by atoms with Crippen LogP contribution in [0.1, 0.15) is 38.7 Å². The second-order valence-electron chi connectivity index (χ2n) is 5.98. The molecule has 26 heavy (non-hydrogen) atoms. The average Bonchev–Trinajstić information content (AvgIpc) is 2.58. The second kappa shape index (κ2) is 10.8. The van der Waals surface area contributed by atoms with Crippen molar-refractivity contribution in [2.24, 2.45) is 0 Å². The minimum atomic E-state index is -4.51. The van der Waals surface area contributed by atoms with E-state index in [1.807, 2.05) is 0 Å². The van der Waals surface area contributed by atoms with Gasteiger partial charge in [-0.15, -0.1) is 0 Å². The molecule has 0 aliphatic rings. The number of nitrogens with zero attached hydrogens (tertiary/aromatic N) is 1. The summed E-state index contributed by atoms with van der Waals surface area (Å²) in [5.41, 5.74) is -0.959. The first-order chi connectivity index (χ1) is 12.3. The molecule has 8 heteroatoms. The summed E-state index contributed by atoms with van der Waals surface area (Å²) >= 11 is 0. The Kier molecular flexibility index (Phi) is 9.12. The van der Waals surface area contributed by atoms with E-state index in [9.17, 15) is 22.8 Å². The Bertz CT molecular complexity index is 585. The molecule has 0 atom stereocenters. The Morgan fingerprint density at radius 3 is 2.27 bits per heavy atom. The molecule has 0 saturated heterocycles. The van der Waals surface area contributed by atoms with Crippen LogP contribution in [-0.4, -0.2) is 42.9 Å². The molecule has 146 valence electrons. The maximum Gasteiger partial charge on any atom is 0.416 e. The SMILES string of the molecule is CCCN(CCC)CCCNC(=O)C(=O)Nc1cccc(C(F)(F)F)c1. The van der Waals surface area contributed by atoms with E-state index >= 15 is 0 Å². The van der Waals surface area contributed by atoms with Crippen molar-refractivity contribution in [3.8, 4) is 0 Å². The van der Waals surface area contributed by atoms with Crippen LogP contribution >= 0.6 is 0 Å². The van der Waals surface area contributed by atoms with Crippen LogP contribution in [0.15, 0.2) is 24.3 Å². The maximum atomic E-state index is 12.6. The molecule has 0 saturated carbocycles. The molecule has 0 spiro atoms. The number of halogens is 3. The summed E-state index contributed by atoms with van der Waals surface area (Å²) in [6.07, 6.45) is -1.72. The quantitative estimate of drug-likeness (QED) is 0.516. The van der Waals surface area contributed by atoms with Gasteiger partial charge in [0.25, 0.3) is 0 Å². The monoisotopic (exact) mass is 373 g/mol. The summed E-state index contributed by atoms with van der Waals surface area (Å²) in [5, 5.41) is 4.67. The molecule has 0 unspecified atom stereocenters. The lowest BCUT2D eigenvalue weighted by molar-refractivity contribution is -0.137. The first-order valence-electron chi connectivity index (χ1n) is 8.76. The van der Waals surface area contributed by atoms with Crippen LogP contribution in [0, 0.1) is 0 Å². The van der Waals surface area contributed by atoms with Gasteiger partial charge in [0.15, 0.2) is 0 Å². The molecule has 1 rings (SSSR count). The number of hydrogen-bond donors (Lipinski definition) is 2. The number of carbonyl (C=O) groups excluding carboxylic acids is 2. The lowest BCUT2D eigenvalue weighted by Gasteiger charge is -2.20. The van der Waals surface area contributed by atoms with Crippen LogP contribution in [0.5, 0.6) is 0 Å². The molecule has 0 bridgehead atoms. The number of benzene rings is 1. The number of carbonyl (C=O) groups is 2. The van der Waals surface area contributed by atoms with Gasteiger partial charge in [-0.05, 0) is 57.1 Å². The van der Waals surface area contributed by atoms with E-state index in [1.165, 1.54) is 12.1 Å². The minimum absolute atomic E-state index is 0.0722. The zero-order valence-corrected chi connectivity index (χ0v) is 15.2. The van der Waals surface area contributed by atoms with Crippen molar-refractivity contribution in [1.29, 1.82) is 0 Å². The molecule has 1 aromatic rings. The van der Waals surface area contributed by atoms with E-state index in [0.717, 1.165) is 44.6 Å². The summed E-state index contributed by atoms with van der Waals surface area (Å²) in [7, 11) is 0. The number of amides is 2. The smallest absolute Gasteiger partial charge is 0.348 e. The van der Waals surface area contributed by atoms with E-state index in [4.69, 9.17) is 0 Å². The fourth-order valence-electron chi connectivity index (χ4n) is 2.51. The molecule has 0 aromatic heterocycles.